The normalized spacial score (nSPS) is 14.8. The molecule has 9 heteroatoms. The first kappa shape index (κ1) is 20.5. The summed E-state index contributed by atoms with van der Waals surface area (Å²) in [5.41, 5.74) is 1.75. The molecule has 0 saturated heterocycles. The van der Waals surface area contributed by atoms with Gasteiger partial charge < -0.3 is 9.15 Å². The van der Waals surface area contributed by atoms with E-state index in [1.165, 1.54) is 18.2 Å². The number of amides is 1. The van der Waals surface area contributed by atoms with Gasteiger partial charge in [-0.1, -0.05) is 15.9 Å². The van der Waals surface area contributed by atoms with Gasteiger partial charge >= 0.3 is 0 Å². The van der Waals surface area contributed by atoms with Crippen molar-refractivity contribution in [2.75, 3.05) is 12.1 Å². The van der Waals surface area contributed by atoms with Gasteiger partial charge in [0.2, 0.25) is 0 Å². The van der Waals surface area contributed by atoms with Crippen molar-refractivity contribution in [3.05, 3.63) is 80.5 Å². The van der Waals surface area contributed by atoms with Crippen LogP contribution < -0.4 is 9.75 Å². The van der Waals surface area contributed by atoms with Gasteiger partial charge in [-0.2, -0.15) is 10.1 Å². The number of hydrogen-bond donors (Lipinski definition) is 0. The smallest absolute Gasteiger partial charge is 0.284 e. The van der Waals surface area contributed by atoms with E-state index in [9.17, 15) is 14.9 Å². The predicted octanol–water partition coefficient (Wildman–Crippen LogP) is 5.43. The number of furan rings is 1. The molecule has 4 rings (SSSR count). The van der Waals surface area contributed by atoms with E-state index in [0.29, 0.717) is 39.8 Å². The Kier molecular flexibility index (Phi) is 5.43. The zero-order valence-electron chi connectivity index (χ0n) is 16.5. The molecule has 1 aromatic heterocycles. The summed E-state index contributed by atoms with van der Waals surface area (Å²) in [5, 5.41) is 17.1. The molecule has 0 aliphatic carbocycles. The Morgan fingerprint density at radius 2 is 1.90 bits per heavy atom. The van der Waals surface area contributed by atoms with E-state index in [1.807, 2.05) is 12.1 Å². The fraction of sp³-hybridized carbons (Fsp3) is 0.0909. The number of methoxy groups -OCH3 is 1. The lowest BCUT2D eigenvalue weighted by atomic mass is 10.1. The van der Waals surface area contributed by atoms with Gasteiger partial charge in [0.05, 0.1) is 40.6 Å². The van der Waals surface area contributed by atoms with Gasteiger partial charge in [-0.25, -0.2) is 0 Å². The summed E-state index contributed by atoms with van der Waals surface area (Å²) >= 11 is 3.37. The summed E-state index contributed by atoms with van der Waals surface area (Å²) in [5.74, 6) is 0.788. The monoisotopic (exact) mass is 481 g/mol. The Labute approximate surface area is 185 Å². The van der Waals surface area contributed by atoms with Gasteiger partial charge in [0.1, 0.15) is 17.3 Å². The topological polar surface area (TPSA) is 98.2 Å². The van der Waals surface area contributed by atoms with Crippen LogP contribution in [0.2, 0.25) is 0 Å². The van der Waals surface area contributed by atoms with Gasteiger partial charge in [-0.3, -0.25) is 14.9 Å². The molecule has 3 aromatic rings. The van der Waals surface area contributed by atoms with Gasteiger partial charge in [0.25, 0.3) is 11.6 Å². The van der Waals surface area contributed by atoms with Crippen LogP contribution in [0.3, 0.4) is 0 Å². The molecule has 1 aliphatic heterocycles. The maximum absolute atomic E-state index is 12.9. The second kappa shape index (κ2) is 8.19. The fourth-order valence-electron chi connectivity index (χ4n) is 3.16. The van der Waals surface area contributed by atoms with Crippen LogP contribution in [0.25, 0.3) is 17.4 Å². The minimum atomic E-state index is -0.494. The van der Waals surface area contributed by atoms with Crippen LogP contribution in [0.15, 0.2) is 74.2 Å². The van der Waals surface area contributed by atoms with Crippen molar-refractivity contribution in [2.24, 2.45) is 5.10 Å². The Morgan fingerprint density at radius 3 is 2.58 bits per heavy atom. The van der Waals surface area contributed by atoms with E-state index in [4.69, 9.17) is 9.15 Å². The van der Waals surface area contributed by atoms with Crippen molar-refractivity contribution >= 4 is 45.0 Å². The van der Waals surface area contributed by atoms with Crippen molar-refractivity contribution in [3.63, 3.8) is 0 Å². The minimum absolute atomic E-state index is 0.135. The van der Waals surface area contributed by atoms with Gasteiger partial charge in [0, 0.05) is 4.47 Å². The number of ether oxygens (including phenoxy) is 1. The first-order valence-corrected chi connectivity index (χ1v) is 9.96. The summed E-state index contributed by atoms with van der Waals surface area (Å²) in [6.45, 7) is 1.74. The minimum Gasteiger partial charge on any atom is -0.497 e. The van der Waals surface area contributed by atoms with Crippen LogP contribution >= 0.6 is 15.9 Å². The van der Waals surface area contributed by atoms with Crippen molar-refractivity contribution in [2.45, 2.75) is 6.92 Å². The average Bonchev–Trinajstić information content (AvgIpc) is 3.34. The SMILES string of the molecule is COc1ccc(-c2ccc(C=C3C(=O)N(c4ccc(Br)cc4)N=C3C)o2)c([N+](=O)[O-])c1. The zero-order valence-corrected chi connectivity index (χ0v) is 18.1. The van der Waals surface area contributed by atoms with Crippen molar-refractivity contribution in [1.82, 2.24) is 0 Å². The number of hydrazone groups is 1. The van der Waals surface area contributed by atoms with Gasteiger partial charge in [-0.05, 0) is 61.5 Å². The molecular weight excluding hydrogens is 466 g/mol. The highest BCUT2D eigenvalue weighted by Gasteiger charge is 2.29. The molecule has 8 nitrogen and oxygen atoms in total. The average molecular weight is 482 g/mol. The van der Waals surface area contributed by atoms with Crippen LogP contribution in [0.1, 0.15) is 12.7 Å². The number of halogens is 1. The molecule has 0 saturated carbocycles. The Morgan fingerprint density at radius 1 is 1.16 bits per heavy atom. The molecule has 0 N–H and O–H groups in total. The first-order chi connectivity index (χ1) is 14.9. The van der Waals surface area contributed by atoms with E-state index in [-0.39, 0.29) is 11.6 Å². The quantitative estimate of drug-likeness (QED) is 0.274. The van der Waals surface area contributed by atoms with E-state index < -0.39 is 4.92 Å². The molecule has 0 fully saturated rings. The third kappa shape index (κ3) is 3.99. The second-order valence-electron chi connectivity index (χ2n) is 6.68. The van der Waals surface area contributed by atoms with Crippen molar-refractivity contribution in [3.8, 4) is 17.1 Å². The molecule has 2 heterocycles. The number of benzene rings is 2. The predicted molar refractivity (Wildman–Crippen MR) is 120 cm³/mol. The third-order valence-corrected chi connectivity index (χ3v) is 5.24. The second-order valence-corrected chi connectivity index (χ2v) is 7.59. The highest BCUT2D eigenvalue weighted by atomic mass is 79.9. The zero-order chi connectivity index (χ0) is 22.1. The maximum atomic E-state index is 12.9. The largest absolute Gasteiger partial charge is 0.497 e. The third-order valence-electron chi connectivity index (χ3n) is 4.71. The molecule has 0 spiro atoms. The molecule has 1 amide bonds. The molecule has 0 bridgehead atoms. The fourth-order valence-corrected chi connectivity index (χ4v) is 3.42. The number of nitro groups is 1. The molecule has 0 radical (unpaired) electrons. The van der Waals surface area contributed by atoms with Crippen LogP contribution in [0.4, 0.5) is 11.4 Å². The summed E-state index contributed by atoms with van der Waals surface area (Å²) in [7, 11) is 1.44. The summed E-state index contributed by atoms with van der Waals surface area (Å²) in [6.07, 6.45) is 1.58. The number of rotatable bonds is 5. The standard InChI is InChI=1S/C22H16BrN3O5/c1-13-19(22(27)25(24-13)15-5-3-14(23)4-6-15)11-17-8-10-21(31-17)18-9-7-16(30-2)12-20(18)26(28)29/h3-12H,1-2H3. The Balaban J connectivity index is 1.65. The Bertz CT molecular complexity index is 1240. The summed E-state index contributed by atoms with van der Waals surface area (Å²) < 4.78 is 11.8. The highest BCUT2D eigenvalue weighted by molar-refractivity contribution is 9.10. The lowest BCUT2D eigenvalue weighted by Crippen LogP contribution is -2.21. The van der Waals surface area contributed by atoms with Crippen molar-refractivity contribution < 1.29 is 18.9 Å². The number of anilines is 1. The molecule has 0 atom stereocenters. The number of carbonyl (C=O) groups is 1. The van der Waals surface area contributed by atoms with Crippen LogP contribution in [0, 0.1) is 10.1 Å². The summed E-state index contributed by atoms with van der Waals surface area (Å²) in [6, 6.07) is 15.0. The van der Waals surface area contributed by atoms with E-state index >= 15 is 0 Å². The number of nitrogens with zero attached hydrogens (tertiary/aromatic N) is 3. The molecule has 31 heavy (non-hydrogen) atoms. The van der Waals surface area contributed by atoms with Gasteiger partial charge in [-0.15, -0.1) is 0 Å². The number of carbonyl (C=O) groups excluding carboxylic acids is 1. The lowest BCUT2D eigenvalue weighted by molar-refractivity contribution is -0.384. The van der Waals surface area contributed by atoms with Crippen molar-refractivity contribution in [1.29, 1.82) is 0 Å². The molecule has 1 aliphatic rings. The molecular formula is C22H16BrN3O5. The highest BCUT2D eigenvalue weighted by Crippen LogP contribution is 2.35. The number of hydrogen-bond acceptors (Lipinski definition) is 6. The molecule has 2 aromatic carbocycles. The van der Waals surface area contributed by atoms with Gasteiger partial charge in [0.15, 0.2) is 0 Å². The lowest BCUT2D eigenvalue weighted by Gasteiger charge is -2.11. The van der Waals surface area contributed by atoms with Crippen LogP contribution in [0.5, 0.6) is 5.75 Å². The van der Waals surface area contributed by atoms with Crippen LogP contribution in [-0.4, -0.2) is 23.7 Å². The van der Waals surface area contributed by atoms with E-state index in [1.54, 1.807) is 49.4 Å². The van der Waals surface area contributed by atoms with E-state index in [2.05, 4.69) is 21.0 Å². The molecule has 156 valence electrons. The Hall–Kier alpha value is -3.72. The van der Waals surface area contributed by atoms with Crippen LogP contribution in [-0.2, 0) is 4.79 Å². The van der Waals surface area contributed by atoms with E-state index in [0.717, 1.165) is 4.47 Å². The first-order valence-electron chi connectivity index (χ1n) is 9.17. The molecule has 0 unspecified atom stereocenters. The summed E-state index contributed by atoms with van der Waals surface area (Å²) in [4.78, 5) is 23.8. The maximum Gasteiger partial charge on any atom is 0.284 e. The number of nitro benzene ring substituents is 1.